The van der Waals surface area contributed by atoms with Crippen LogP contribution in [0.1, 0.15) is 6.42 Å². The standard InChI is InChI=1S/C12H18N5/c1-4-7-14-12-10(13)11-9(16(2)3)6-5-8-17(11)15-12/h5-6,8H,1,4,7,13H2,2-3H3,(H,14,15). The molecule has 0 fully saturated rings. The van der Waals surface area contributed by atoms with E-state index >= 15 is 0 Å². The summed E-state index contributed by atoms with van der Waals surface area (Å²) in [4.78, 5) is 2.03. The van der Waals surface area contributed by atoms with Gasteiger partial charge in [0.2, 0.25) is 0 Å². The molecule has 0 saturated carbocycles. The van der Waals surface area contributed by atoms with Crippen LogP contribution < -0.4 is 16.0 Å². The molecule has 0 aromatic carbocycles. The number of nitrogens with zero attached hydrogens (tertiary/aromatic N) is 3. The van der Waals surface area contributed by atoms with Crippen molar-refractivity contribution in [1.29, 1.82) is 0 Å². The molecule has 3 N–H and O–H groups in total. The minimum Gasteiger partial charge on any atom is -0.394 e. The largest absolute Gasteiger partial charge is 0.394 e. The second-order valence-electron chi connectivity index (χ2n) is 4.12. The molecule has 0 bridgehead atoms. The van der Waals surface area contributed by atoms with Gasteiger partial charge in [-0.1, -0.05) is 6.92 Å². The second-order valence-corrected chi connectivity index (χ2v) is 4.12. The highest BCUT2D eigenvalue weighted by atomic mass is 15.3. The molecule has 0 aliphatic carbocycles. The fourth-order valence-corrected chi connectivity index (χ4v) is 1.80. The van der Waals surface area contributed by atoms with Crippen molar-refractivity contribution in [3.8, 4) is 0 Å². The Morgan fingerprint density at radius 1 is 1.53 bits per heavy atom. The van der Waals surface area contributed by atoms with Gasteiger partial charge in [-0.2, -0.15) is 0 Å². The Hall–Kier alpha value is -1.91. The third-order valence-electron chi connectivity index (χ3n) is 2.62. The van der Waals surface area contributed by atoms with Gasteiger partial charge in [0.1, 0.15) is 11.2 Å². The van der Waals surface area contributed by atoms with E-state index in [9.17, 15) is 0 Å². The van der Waals surface area contributed by atoms with Gasteiger partial charge in [-0.05, 0) is 18.6 Å². The second kappa shape index (κ2) is 4.53. The maximum atomic E-state index is 6.13. The average molecular weight is 232 g/mol. The highest BCUT2D eigenvalue weighted by Gasteiger charge is 2.13. The Bertz CT molecular complexity index is 515. The van der Waals surface area contributed by atoms with Gasteiger partial charge in [-0.25, -0.2) is 4.52 Å². The Morgan fingerprint density at radius 3 is 2.94 bits per heavy atom. The van der Waals surface area contributed by atoms with Gasteiger partial charge >= 0.3 is 0 Å². The molecule has 0 amide bonds. The van der Waals surface area contributed by atoms with E-state index in [4.69, 9.17) is 5.73 Å². The Morgan fingerprint density at radius 2 is 2.29 bits per heavy atom. The first-order valence-corrected chi connectivity index (χ1v) is 5.62. The molecule has 5 heteroatoms. The zero-order valence-corrected chi connectivity index (χ0v) is 10.3. The molecule has 0 unspecified atom stereocenters. The summed E-state index contributed by atoms with van der Waals surface area (Å²) in [5.74, 6) is 0.725. The molecule has 2 heterocycles. The van der Waals surface area contributed by atoms with Crippen LogP contribution in [0.3, 0.4) is 0 Å². The van der Waals surface area contributed by atoms with Crippen LogP contribution in [0.5, 0.6) is 0 Å². The lowest BCUT2D eigenvalue weighted by Crippen LogP contribution is -2.10. The van der Waals surface area contributed by atoms with Crippen LogP contribution in [0.2, 0.25) is 0 Å². The van der Waals surface area contributed by atoms with E-state index in [0.717, 1.165) is 30.0 Å². The SMILES string of the molecule is [CH2]CCNc1nn2cccc(N(C)C)c2c1N. The molecule has 2 rings (SSSR count). The van der Waals surface area contributed by atoms with Crippen LogP contribution in [0.25, 0.3) is 5.52 Å². The van der Waals surface area contributed by atoms with Crippen molar-refractivity contribution in [2.24, 2.45) is 0 Å². The van der Waals surface area contributed by atoms with Gasteiger partial charge < -0.3 is 16.0 Å². The summed E-state index contributed by atoms with van der Waals surface area (Å²) in [5.41, 5.74) is 8.80. The lowest BCUT2D eigenvalue weighted by molar-refractivity contribution is 0.941. The van der Waals surface area contributed by atoms with Crippen molar-refractivity contribution in [2.75, 3.05) is 36.6 Å². The van der Waals surface area contributed by atoms with Crippen molar-refractivity contribution in [2.45, 2.75) is 6.42 Å². The van der Waals surface area contributed by atoms with E-state index in [1.165, 1.54) is 0 Å². The lowest BCUT2D eigenvalue weighted by atomic mass is 10.3. The normalized spacial score (nSPS) is 10.8. The number of anilines is 3. The van der Waals surface area contributed by atoms with Gasteiger partial charge in [-0.15, -0.1) is 5.10 Å². The molecule has 2 aromatic rings. The molecule has 0 aliphatic heterocycles. The number of nitrogens with one attached hydrogen (secondary N) is 1. The minimum atomic E-state index is 0.683. The zero-order valence-electron chi connectivity index (χ0n) is 10.3. The molecule has 1 radical (unpaired) electrons. The molecule has 0 saturated heterocycles. The van der Waals surface area contributed by atoms with Crippen LogP contribution >= 0.6 is 0 Å². The molecule has 0 spiro atoms. The Balaban J connectivity index is 2.53. The number of hydrogen-bond donors (Lipinski definition) is 2. The van der Waals surface area contributed by atoms with Gasteiger partial charge in [0.15, 0.2) is 5.82 Å². The van der Waals surface area contributed by atoms with Gasteiger partial charge in [-0.3, -0.25) is 0 Å². The lowest BCUT2D eigenvalue weighted by Gasteiger charge is -2.13. The van der Waals surface area contributed by atoms with Crippen LogP contribution in [0.4, 0.5) is 17.2 Å². The number of hydrogen-bond acceptors (Lipinski definition) is 4. The average Bonchev–Trinajstić information content (AvgIpc) is 2.63. The molecule has 2 aromatic heterocycles. The maximum absolute atomic E-state index is 6.13. The number of rotatable bonds is 4. The molecule has 91 valence electrons. The van der Waals surface area contributed by atoms with E-state index in [1.807, 2.05) is 37.3 Å². The topological polar surface area (TPSA) is 58.6 Å². The molecule has 0 aliphatic rings. The van der Waals surface area contributed by atoms with E-state index in [0.29, 0.717) is 5.69 Å². The van der Waals surface area contributed by atoms with Crippen molar-refractivity contribution in [3.05, 3.63) is 25.3 Å². The Labute approximate surface area is 101 Å². The van der Waals surface area contributed by atoms with Crippen molar-refractivity contribution >= 4 is 22.7 Å². The van der Waals surface area contributed by atoms with Gasteiger partial charge in [0.05, 0.1) is 5.69 Å². The summed E-state index contributed by atoms with van der Waals surface area (Å²) in [6.07, 6.45) is 2.70. The first kappa shape index (κ1) is 11.6. The van der Waals surface area contributed by atoms with E-state index in [-0.39, 0.29) is 0 Å². The van der Waals surface area contributed by atoms with Crippen molar-refractivity contribution in [3.63, 3.8) is 0 Å². The summed E-state index contributed by atoms with van der Waals surface area (Å²) in [6.45, 7) is 4.55. The predicted octanol–water partition coefficient (Wildman–Crippen LogP) is 1.62. The first-order valence-electron chi connectivity index (χ1n) is 5.62. The van der Waals surface area contributed by atoms with Gasteiger partial charge in [0.25, 0.3) is 0 Å². The third-order valence-corrected chi connectivity index (χ3v) is 2.62. The first-order chi connectivity index (χ1) is 8.15. The van der Waals surface area contributed by atoms with Crippen molar-refractivity contribution in [1.82, 2.24) is 9.61 Å². The van der Waals surface area contributed by atoms with Crippen LogP contribution in [0.15, 0.2) is 18.3 Å². The highest BCUT2D eigenvalue weighted by molar-refractivity contribution is 5.90. The zero-order chi connectivity index (χ0) is 12.4. The predicted molar refractivity (Wildman–Crippen MR) is 72.4 cm³/mol. The summed E-state index contributed by atoms with van der Waals surface area (Å²) >= 11 is 0. The summed E-state index contributed by atoms with van der Waals surface area (Å²) < 4.78 is 1.80. The number of fused-ring (bicyclic) bond motifs is 1. The molecular weight excluding hydrogens is 214 g/mol. The summed E-state index contributed by atoms with van der Waals surface area (Å²) in [7, 11) is 3.98. The van der Waals surface area contributed by atoms with Crippen LogP contribution in [0, 0.1) is 6.92 Å². The summed E-state index contributed by atoms with van der Waals surface area (Å²) in [6, 6.07) is 3.98. The molecular formula is C12H18N5. The highest BCUT2D eigenvalue weighted by Crippen LogP contribution is 2.30. The van der Waals surface area contributed by atoms with Gasteiger partial charge in [0, 0.05) is 26.8 Å². The third kappa shape index (κ3) is 2.00. The van der Waals surface area contributed by atoms with E-state index < -0.39 is 0 Å². The minimum absolute atomic E-state index is 0.683. The quantitative estimate of drug-likeness (QED) is 0.841. The van der Waals surface area contributed by atoms with Crippen LogP contribution in [-0.2, 0) is 0 Å². The number of aromatic nitrogens is 2. The number of pyridine rings is 1. The number of nitrogens with two attached hydrogens (primary N) is 1. The molecule has 17 heavy (non-hydrogen) atoms. The van der Waals surface area contributed by atoms with E-state index in [2.05, 4.69) is 17.3 Å². The molecule has 0 atom stereocenters. The fourth-order valence-electron chi connectivity index (χ4n) is 1.80. The monoisotopic (exact) mass is 232 g/mol. The van der Waals surface area contributed by atoms with E-state index in [1.54, 1.807) is 4.52 Å². The molecule has 5 nitrogen and oxygen atoms in total. The summed E-state index contributed by atoms with van der Waals surface area (Å²) in [5, 5.41) is 7.60. The fraction of sp³-hybridized carbons (Fsp3) is 0.333. The van der Waals surface area contributed by atoms with Crippen LogP contribution in [-0.4, -0.2) is 30.3 Å². The van der Waals surface area contributed by atoms with Crippen molar-refractivity contribution < 1.29 is 0 Å². The Kier molecular flexibility index (Phi) is 3.08. The smallest absolute Gasteiger partial charge is 0.172 e. The number of nitrogen functional groups attached to an aromatic ring is 1. The maximum Gasteiger partial charge on any atom is 0.172 e.